The van der Waals surface area contributed by atoms with Crippen LogP contribution in [0.25, 0.3) is 0 Å². The van der Waals surface area contributed by atoms with Crippen LogP contribution in [0, 0.1) is 6.92 Å². The van der Waals surface area contributed by atoms with E-state index in [0.29, 0.717) is 39.7 Å². The highest BCUT2D eigenvalue weighted by Gasteiger charge is 2.34. The number of aromatic amines is 1. The van der Waals surface area contributed by atoms with Crippen molar-refractivity contribution in [1.29, 1.82) is 0 Å². The van der Waals surface area contributed by atoms with Crippen molar-refractivity contribution in [3.63, 3.8) is 0 Å². The second-order valence-electron chi connectivity index (χ2n) is 6.75. The van der Waals surface area contributed by atoms with Crippen molar-refractivity contribution < 1.29 is 9.59 Å². The van der Waals surface area contributed by atoms with Gasteiger partial charge in [-0.15, -0.1) is 0 Å². The van der Waals surface area contributed by atoms with Gasteiger partial charge in [0.1, 0.15) is 0 Å². The molecule has 4 rings (SSSR count). The number of aryl methyl sites for hydroxylation is 1. The van der Waals surface area contributed by atoms with Gasteiger partial charge in [0.25, 0.3) is 17.4 Å². The molecule has 0 saturated carbocycles. The summed E-state index contributed by atoms with van der Waals surface area (Å²) in [5, 5.41) is 0.487. The highest BCUT2D eigenvalue weighted by atomic mass is 32.2. The van der Waals surface area contributed by atoms with E-state index in [0.717, 1.165) is 5.56 Å². The largest absolute Gasteiger partial charge is 0.301 e. The molecule has 1 aliphatic heterocycles. The third-order valence-electron chi connectivity index (χ3n) is 4.86. The number of aromatic nitrogens is 2. The van der Waals surface area contributed by atoms with Gasteiger partial charge in [0.15, 0.2) is 5.16 Å². The van der Waals surface area contributed by atoms with Gasteiger partial charge < -0.3 is 4.98 Å². The number of H-pyrrole nitrogens is 1. The average molecular weight is 405 g/mol. The normalized spacial score (nSPS) is 13.1. The van der Waals surface area contributed by atoms with E-state index < -0.39 is 0 Å². The van der Waals surface area contributed by atoms with Crippen LogP contribution < -0.4 is 5.56 Å². The molecule has 146 valence electrons. The monoisotopic (exact) mass is 405 g/mol. The first-order chi connectivity index (χ1) is 14.0. The SMILES string of the molecule is Cc1nc(SCCN2C(=O)c3ccccc3C2=O)[nH]c(=O)c1Cc1ccccc1. The Kier molecular flexibility index (Phi) is 5.31. The van der Waals surface area contributed by atoms with E-state index in [1.54, 1.807) is 24.3 Å². The molecule has 0 aliphatic carbocycles. The quantitative estimate of drug-likeness (QED) is 0.387. The Labute approximate surface area is 172 Å². The van der Waals surface area contributed by atoms with Crippen molar-refractivity contribution in [2.45, 2.75) is 18.5 Å². The fraction of sp³-hybridized carbons (Fsp3) is 0.182. The number of thioether (sulfide) groups is 1. The first-order valence-electron chi connectivity index (χ1n) is 9.26. The van der Waals surface area contributed by atoms with Gasteiger partial charge in [-0.3, -0.25) is 19.3 Å². The summed E-state index contributed by atoms with van der Waals surface area (Å²) in [4.78, 5) is 45.8. The van der Waals surface area contributed by atoms with Gasteiger partial charge in [-0.2, -0.15) is 0 Å². The van der Waals surface area contributed by atoms with E-state index in [2.05, 4.69) is 9.97 Å². The molecule has 0 fully saturated rings. The van der Waals surface area contributed by atoms with Gasteiger partial charge in [-0.25, -0.2) is 4.98 Å². The van der Waals surface area contributed by atoms with E-state index in [9.17, 15) is 14.4 Å². The van der Waals surface area contributed by atoms with E-state index in [1.165, 1.54) is 16.7 Å². The van der Waals surface area contributed by atoms with Crippen LogP contribution >= 0.6 is 11.8 Å². The molecule has 0 spiro atoms. The van der Waals surface area contributed by atoms with Crippen LogP contribution in [0.2, 0.25) is 0 Å². The average Bonchev–Trinajstić information content (AvgIpc) is 2.97. The van der Waals surface area contributed by atoms with Crippen molar-refractivity contribution in [3.8, 4) is 0 Å². The predicted molar refractivity (Wildman–Crippen MR) is 111 cm³/mol. The van der Waals surface area contributed by atoms with Crippen LogP contribution in [0.4, 0.5) is 0 Å². The first-order valence-corrected chi connectivity index (χ1v) is 10.2. The number of fused-ring (bicyclic) bond motifs is 1. The maximum atomic E-state index is 12.5. The smallest absolute Gasteiger partial charge is 0.261 e. The summed E-state index contributed by atoms with van der Waals surface area (Å²) in [5.41, 5.74) is 3.09. The number of nitrogens with one attached hydrogen (secondary N) is 1. The minimum absolute atomic E-state index is 0.162. The Balaban J connectivity index is 1.42. The van der Waals surface area contributed by atoms with E-state index in [4.69, 9.17) is 0 Å². The molecule has 1 aromatic heterocycles. The van der Waals surface area contributed by atoms with Gasteiger partial charge in [0.05, 0.1) is 11.1 Å². The summed E-state index contributed by atoms with van der Waals surface area (Å²) in [6, 6.07) is 16.6. The standard InChI is InChI=1S/C22H19N3O3S/c1-14-18(13-15-7-3-2-4-8-15)19(26)24-22(23-14)29-12-11-25-20(27)16-9-5-6-10-17(16)21(25)28/h2-10H,11-13H2,1H3,(H,23,24,26). The van der Waals surface area contributed by atoms with Gasteiger partial charge in [0.2, 0.25) is 0 Å². The Hall–Kier alpha value is -3.19. The maximum Gasteiger partial charge on any atom is 0.261 e. The molecule has 1 N–H and O–H groups in total. The van der Waals surface area contributed by atoms with Gasteiger partial charge in [-0.1, -0.05) is 54.2 Å². The zero-order valence-electron chi connectivity index (χ0n) is 15.8. The molecule has 0 atom stereocenters. The number of carbonyl (C=O) groups is 2. The lowest BCUT2D eigenvalue weighted by Crippen LogP contribution is -2.32. The predicted octanol–water partition coefficient (Wildman–Crippen LogP) is 3.06. The molecule has 0 unspecified atom stereocenters. The lowest BCUT2D eigenvalue weighted by atomic mass is 10.1. The van der Waals surface area contributed by atoms with Crippen LogP contribution in [-0.4, -0.2) is 39.0 Å². The van der Waals surface area contributed by atoms with Crippen LogP contribution in [0.15, 0.2) is 64.5 Å². The molecule has 6 nitrogen and oxygen atoms in total. The lowest BCUT2D eigenvalue weighted by molar-refractivity contribution is 0.0664. The highest BCUT2D eigenvalue weighted by molar-refractivity contribution is 7.99. The lowest BCUT2D eigenvalue weighted by Gasteiger charge is -2.13. The van der Waals surface area contributed by atoms with Crippen LogP contribution in [0.1, 0.15) is 37.5 Å². The number of hydrogen-bond donors (Lipinski definition) is 1. The van der Waals surface area contributed by atoms with E-state index in [1.807, 2.05) is 37.3 Å². The minimum Gasteiger partial charge on any atom is -0.301 e. The summed E-state index contributed by atoms with van der Waals surface area (Å²) >= 11 is 1.32. The van der Waals surface area contributed by atoms with Crippen molar-refractivity contribution in [2.24, 2.45) is 0 Å². The van der Waals surface area contributed by atoms with E-state index >= 15 is 0 Å². The maximum absolute atomic E-state index is 12.5. The summed E-state index contributed by atoms with van der Waals surface area (Å²) < 4.78 is 0. The van der Waals surface area contributed by atoms with Crippen molar-refractivity contribution in [3.05, 3.63) is 92.9 Å². The van der Waals surface area contributed by atoms with E-state index in [-0.39, 0.29) is 23.9 Å². The number of amides is 2. The molecule has 2 amide bonds. The number of benzene rings is 2. The molecule has 0 radical (unpaired) electrons. The number of hydrogen-bond acceptors (Lipinski definition) is 5. The number of carbonyl (C=O) groups excluding carboxylic acids is 2. The van der Waals surface area contributed by atoms with Crippen molar-refractivity contribution in [1.82, 2.24) is 14.9 Å². The van der Waals surface area contributed by atoms with Gasteiger partial charge in [0, 0.05) is 30.0 Å². The molecule has 7 heteroatoms. The fourth-order valence-electron chi connectivity index (χ4n) is 3.34. The number of rotatable bonds is 6. The minimum atomic E-state index is -0.276. The van der Waals surface area contributed by atoms with Crippen molar-refractivity contribution >= 4 is 23.6 Å². The summed E-state index contributed by atoms with van der Waals surface area (Å²) in [5.74, 6) is -0.101. The Bertz CT molecular complexity index is 1110. The molecule has 2 heterocycles. The Morgan fingerprint density at radius 2 is 1.55 bits per heavy atom. The molecular formula is C22H19N3O3S. The molecule has 1 aliphatic rings. The highest BCUT2D eigenvalue weighted by Crippen LogP contribution is 2.23. The van der Waals surface area contributed by atoms with Crippen molar-refractivity contribution in [2.75, 3.05) is 12.3 Å². The first kappa shape index (κ1) is 19.1. The molecular weight excluding hydrogens is 386 g/mol. The zero-order chi connectivity index (χ0) is 20.4. The van der Waals surface area contributed by atoms with Gasteiger partial charge in [-0.05, 0) is 24.6 Å². The fourth-order valence-corrected chi connectivity index (χ4v) is 4.17. The Morgan fingerprint density at radius 1 is 0.931 bits per heavy atom. The molecule has 29 heavy (non-hydrogen) atoms. The third kappa shape index (κ3) is 3.86. The topological polar surface area (TPSA) is 83.1 Å². The molecule has 2 aromatic carbocycles. The second kappa shape index (κ2) is 8.05. The number of nitrogens with zero attached hydrogens (tertiary/aromatic N) is 2. The second-order valence-corrected chi connectivity index (χ2v) is 7.84. The number of imide groups is 1. The van der Waals surface area contributed by atoms with Crippen LogP contribution in [-0.2, 0) is 6.42 Å². The van der Waals surface area contributed by atoms with Crippen LogP contribution in [0.5, 0.6) is 0 Å². The summed E-state index contributed by atoms with van der Waals surface area (Å²) in [6.45, 7) is 2.08. The molecule has 0 bridgehead atoms. The van der Waals surface area contributed by atoms with Gasteiger partial charge >= 0.3 is 0 Å². The molecule has 0 saturated heterocycles. The summed E-state index contributed by atoms with van der Waals surface area (Å²) in [7, 11) is 0. The molecule has 3 aromatic rings. The summed E-state index contributed by atoms with van der Waals surface area (Å²) in [6.07, 6.45) is 0.523. The third-order valence-corrected chi connectivity index (χ3v) is 5.71. The zero-order valence-corrected chi connectivity index (χ0v) is 16.7. The van der Waals surface area contributed by atoms with Crippen LogP contribution in [0.3, 0.4) is 0 Å². The Morgan fingerprint density at radius 3 is 2.17 bits per heavy atom.